The number of hydrogen-bond acceptors (Lipinski definition) is 4. The number of aryl methyl sites for hydroxylation is 1. The van der Waals surface area contributed by atoms with Crippen molar-refractivity contribution in [3.63, 3.8) is 0 Å². The summed E-state index contributed by atoms with van der Waals surface area (Å²) in [6.07, 6.45) is 5.71. The number of amides is 1. The Morgan fingerprint density at radius 1 is 1.33 bits per heavy atom. The number of hydrogen-bond donors (Lipinski definition) is 2. The molecular formula is C18H20BrN3O2. The summed E-state index contributed by atoms with van der Waals surface area (Å²) in [4.78, 5) is 16.6. The van der Waals surface area contributed by atoms with Gasteiger partial charge < -0.3 is 15.4 Å². The van der Waals surface area contributed by atoms with Gasteiger partial charge in [-0.2, -0.15) is 0 Å². The van der Waals surface area contributed by atoms with Crippen LogP contribution in [0.2, 0.25) is 0 Å². The number of nitrogens with one attached hydrogen (secondary N) is 2. The number of pyridine rings is 1. The lowest BCUT2D eigenvalue weighted by atomic mass is 10.2. The maximum absolute atomic E-state index is 12.4. The van der Waals surface area contributed by atoms with E-state index in [9.17, 15) is 4.79 Å². The lowest BCUT2D eigenvalue weighted by Gasteiger charge is -2.12. The molecule has 0 aliphatic carbocycles. The molecule has 5 nitrogen and oxygen atoms in total. The van der Waals surface area contributed by atoms with Crippen LogP contribution in [-0.2, 0) is 4.74 Å². The van der Waals surface area contributed by atoms with Crippen LogP contribution in [0, 0.1) is 6.92 Å². The Balaban J connectivity index is 1.63. The van der Waals surface area contributed by atoms with Crippen molar-refractivity contribution in [2.75, 3.05) is 23.8 Å². The Kier molecular flexibility index (Phi) is 5.48. The average molecular weight is 390 g/mol. The number of carbonyl (C=O) groups is 1. The van der Waals surface area contributed by atoms with Crippen LogP contribution in [0.15, 0.2) is 41.1 Å². The third-order valence-electron chi connectivity index (χ3n) is 3.99. The SMILES string of the molecule is Cc1ccc(NC(=O)c2cncc(NCC3CCCO3)c2)cc1Br. The average Bonchev–Trinajstić information content (AvgIpc) is 3.10. The van der Waals surface area contributed by atoms with Gasteiger partial charge in [0.1, 0.15) is 0 Å². The molecule has 0 bridgehead atoms. The third kappa shape index (κ3) is 4.33. The minimum Gasteiger partial charge on any atom is -0.381 e. The van der Waals surface area contributed by atoms with Crippen molar-refractivity contribution in [2.24, 2.45) is 0 Å². The highest BCUT2D eigenvalue weighted by atomic mass is 79.9. The maximum atomic E-state index is 12.4. The second-order valence-electron chi connectivity index (χ2n) is 5.90. The predicted molar refractivity (Wildman–Crippen MR) is 98.5 cm³/mol. The van der Waals surface area contributed by atoms with E-state index in [0.717, 1.165) is 47.4 Å². The number of rotatable bonds is 5. The molecule has 126 valence electrons. The Bertz CT molecular complexity index is 730. The molecular weight excluding hydrogens is 370 g/mol. The van der Waals surface area contributed by atoms with E-state index in [1.807, 2.05) is 25.1 Å². The summed E-state index contributed by atoms with van der Waals surface area (Å²) in [5.41, 5.74) is 3.21. The van der Waals surface area contributed by atoms with Crippen molar-refractivity contribution in [3.05, 3.63) is 52.3 Å². The van der Waals surface area contributed by atoms with Crippen molar-refractivity contribution in [1.29, 1.82) is 0 Å². The molecule has 2 aromatic rings. The zero-order chi connectivity index (χ0) is 16.9. The van der Waals surface area contributed by atoms with E-state index in [0.29, 0.717) is 5.56 Å². The molecule has 1 aliphatic rings. The first kappa shape index (κ1) is 16.9. The van der Waals surface area contributed by atoms with Crippen LogP contribution < -0.4 is 10.6 Å². The Labute approximate surface area is 149 Å². The number of anilines is 2. The topological polar surface area (TPSA) is 63.2 Å². The summed E-state index contributed by atoms with van der Waals surface area (Å²) >= 11 is 3.47. The number of benzene rings is 1. The van der Waals surface area contributed by atoms with Crippen molar-refractivity contribution in [3.8, 4) is 0 Å². The molecule has 3 rings (SSSR count). The largest absolute Gasteiger partial charge is 0.381 e. The van der Waals surface area contributed by atoms with E-state index < -0.39 is 0 Å². The molecule has 1 atom stereocenters. The summed E-state index contributed by atoms with van der Waals surface area (Å²) in [7, 11) is 0. The number of nitrogens with zero attached hydrogens (tertiary/aromatic N) is 1. The second kappa shape index (κ2) is 7.77. The van der Waals surface area contributed by atoms with Crippen molar-refractivity contribution in [1.82, 2.24) is 4.98 Å². The molecule has 1 saturated heterocycles. The van der Waals surface area contributed by atoms with E-state index in [-0.39, 0.29) is 12.0 Å². The fraction of sp³-hybridized carbons (Fsp3) is 0.333. The first-order chi connectivity index (χ1) is 11.6. The van der Waals surface area contributed by atoms with Gasteiger partial charge in [0.25, 0.3) is 5.91 Å². The quantitative estimate of drug-likeness (QED) is 0.810. The number of aromatic nitrogens is 1. The zero-order valence-corrected chi connectivity index (χ0v) is 15.1. The van der Waals surface area contributed by atoms with E-state index in [1.54, 1.807) is 18.5 Å². The minimum atomic E-state index is -0.181. The van der Waals surface area contributed by atoms with Gasteiger partial charge >= 0.3 is 0 Å². The number of ether oxygens (including phenoxy) is 1. The van der Waals surface area contributed by atoms with Gasteiger partial charge in [0, 0.05) is 35.7 Å². The van der Waals surface area contributed by atoms with Gasteiger partial charge in [0.05, 0.1) is 17.4 Å². The van der Waals surface area contributed by atoms with E-state index in [4.69, 9.17) is 4.74 Å². The van der Waals surface area contributed by atoms with Gasteiger partial charge in [-0.1, -0.05) is 22.0 Å². The fourth-order valence-corrected chi connectivity index (χ4v) is 2.95. The van der Waals surface area contributed by atoms with Crippen LogP contribution in [0.5, 0.6) is 0 Å². The van der Waals surface area contributed by atoms with E-state index in [1.165, 1.54) is 0 Å². The Morgan fingerprint density at radius 2 is 2.21 bits per heavy atom. The van der Waals surface area contributed by atoms with Crippen LogP contribution >= 0.6 is 15.9 Å². The summed E-state index contributed by atoms with van der Waals surface area (Å²) < 4.78 is 6.55. The fourth-order valence-electron chi connectivity index (χ4n) is 2.57. The van der Waals surface area contributed by atoms with Gasteiger partial charge in [-0.3, -0.25) is 9.78 Å². The maximum Gasteiger partial charge on any atom is 0.257 e. The van der Waals surface area contributed by atoms with Gasteiger partial charge in [-0.05, 0) is 43.5 Å². The molecule has 0 saturated carbocycles. The molecule has 24 heavy (non-hydrogen) atoms. The van der Waals surface area contributed by atoms with Gasteiger partial charge in [0.2, 0.25) is 0 Å². The van der Waals surface area contributed by atoms with Gasteiger partial charge in [0.15, 0.2) is 0 Å². The first-order valence-electron chi connectivity index (χ1n) is 8.00. The van der Waals surface area contributed by atoms with Crippen molar-refractivity contribution in [2.45, 2.75) is 25.9 Å². The molecule has 1 aromatic carbocycles. The third-order valence-corrected chi connectivity index (χ3v) is 4.84. The molecule has 0 radical (unpaired) electrons. The molecule has 6 heteroatoms. The second-order valence-corrected chi connectivity index (χ2v) is 6.75. The molecule has 0 spiro atoms. The highest BCUT2D eigenvalue weighted by Gasteiger charge is 2.15. The summed E-state index contributed by atoms with van der Waals surface area (Å²) in [5, 5.41) is 6.18. The van der Waals surface area contributed by atoms with Gasteiger partial charge in [-0.25, -0.2) is 0 Å². The van der Waals surface area contributed by atoms with Crippen LogP contribution in [0.1, 0.15) is 28.8 Å². The molecule has 1 aromatic heterocycles. The van der Waals surface area contributed by atoms with Crippen LogP contribution in [0.3, 0.4) is 0 Å². The first-order valence-corrected chi connectivity index (χ1v) is 8.79. The van der Waals surface area contributed by atoms with Crippen molar-refractivity contribution >= 4 is 33.2 Å². The predicted octanol–water partition coefficient (Wildman–Crippen LogP) is 4.00. The lowest BCUT2D eigenvalue weighted by molar-refractivity contribution is 0.102. The molecule has 2 heterocycles. The standard InChI is InChI=1S/C18H20BrN3O2/c1-12-4-5-14(8-17(12)19)22-18(23)13-7-15(10-20-9-13)21-11-16-3-2-6-24-16/h4-5,7-10,16,21H,2-3,6,11H2,1H3,(H,22,23). The molecule has 1 unspecified atom stereocenters. The summed E-state index contributed by atoms with van der Waals surface area (Å²) in [5.74, 6) is -0.181. The van der Waals surface area contributed by atoms with Crippen LogP contribution in [0.4, 0.5) is 11.4 Å². The smallest absolute Gasteiger partial charge is 0.257 e. The minimum absolute atomic E-state index is 0.181. The number of halogens is 1. The Hall–Kier alpha value is -1.92. The van der Waals surface area contributed by atoms with Crippen molar-refractivity contribution < 1.29 is 9.53 Å². The monoisotopic (exact) mass is 389 g/mol. The number of carbonyl (C=O) groups excluding carboxylic acids is 1. The molecule has 1 fully saturated rings. The highest BCUT2D eigenvalue weighted by molar-refractivity contribution is 9.10. The summed E-state index contributed by atoms with van der Waals surface area (Å²) in [6.45, 7) is 3.57. The summed E-state index contributed by atoms with van der Waals surface area (Å²) in [6, 6.07) is 7.53. The van der Waals surface area contributed by atoms with E-state index >= 15 is 0 Å². The van der Waals surface area contributed by atoms with E-state index in [2.05, 4.69) is 31.5 Å². The van der Waals surface area contributed by atoms with Crippen LogP contribution in [0.25, 0.3) is 0 Å². The van der Waals surface area contributed by atoms with Crippen LogP contribution in [-0.4, -0.2) is 30.1 Å². The lowest BCUT2D eigenvalue weighted by Crippen LogP contribution is -2.19. The molecule has 1 aliphatic heterocycles. The molecule has 1 amide bonds. The van der Waals surface area contributed by atoms with Gasteiger partial charge in [-0.15, -0.1) is 0 Å². The zero-order valence-electron chi connectivity index (χ0n) is 13.5. The Morgan fingerprint density at radius 3 is 2.96 bits per heavy atom. The highest BCUT2D eigenvalue weighted by Crippen LogP contribution is 2.21. The molecule has 2 N–H and O–H groups in total. The normalized spacial score (nSPS) is 16.8.